The quantitative estimate of drug-likeness (QED) is 0.567. The van der Waals surface area contributed by atoms with Crippen LogP contribution in [0, 0.1) is 34.5 Å². The Morgan fingerprint density at radius 3 is 2.29 bits per heavy atom. The molecule has 10 atom stereocenters. The molecule has 0 radical (unpaired) electrons. The van der Waals surface area contributed by atoms with Gasteiger partial charge in [0.2, 0.25) is 0 Å². The molecule has 0 bridgehead atoms. The van der Waals surface area contributed by atoms with Gasteiger partial charge in [0.1, 0.15) is 0 Å². The van der Waals surface area contributed by atoms with Gasteiger partial charge in [0.05, 0.1) is 31.6 Å². The van der Waals surface area contributed by atoms with Crippen LogP contribution in [0.2, 0.25) is 0 Å². The Morgan fingerprint density at radius 2 is 1.53 bits per heavy atom. The Bertz CT molecular complexity index is 873. The zero-order valence-electron chi connectivity index (χ0n) is 24.2. The van der Waals surface area contributed by atoms with E-state index in [2.05, 4.69) is 35.6 Å². The second-order valence-electron chi connectivity index (χ2n) is 15.0. The summed E-state index contributed by atoms with van der Waals surface area (Å²) in [7, 11) is 2.26. The molecule has 7 aliphatic rings. The Balaban J connectivity index is 1.11. The zero-order chi connectivity index (χ0) is 26.3. The summed E-state index contributed by atoms with van der Waals surface area (Å²) >= 11 is 0. The average molecular weight is 532 g/mol. The lowest BCUT2D eigenvalue weighted by Crippen LogP contribution is -2.68. The summed E-state index contributed by atoms with van der Waals surface area (Å²) in [6, 6.07) is 0.242. The van der Waals surface area contributed by atoms with Crippen LogP contribution in [-0.2, 0) is 9.47 Å². The highest BCUT2D eigenvalue weighted by Gasteiger charge is 2.61. The molecule has 7 fully saturated rings. The molecule has 38 heavy (non-hydrogen) atoms. The molecule has 2 N–H and O–H groups in total. The van der Waals surface area contributed by atoms with E-state index < -0.39 is 0 Å². The zero-order valence-corrected chi connectivity index (χ0v) is 24.2. The molecular weight excluding hydrogens is 478 g/mol. The maximum Gasteiger partial charge on any atom is 0.170 e. The van der Waals surface area contributed by atoms with Crippen LogP contribution in [-0.4, -0.2) is 108 Å². The molecule has 3 aliphatic heterocycles. The van der Waals surface area contributed by atoms with Gasteiger partial charge in [-0.05, 0) is 92.9 Å². The summed E-state index contributed by atoms with van der Waals surface area (Å²) < 4.78 is 12.1. The fourth-order valence-electron chi connectivity index (χ4n) is 11.2. The number of aliphatic hydroxyl groups excluding tert-OH is 2. The summed E-state index contributed by atoms with van der Waals surface area (Å²) in [4.78, 5) is 7.89. The minimum atomic E-state index is -0.340. The fraction of sp³-hybridized carbons (Fsp3) is 1.00. The largest absolute Gasteiger partial charge is 0.393 e. The molecule has 7 nitrogen and oxygen atoms in total. The van der Waals surface area contributed by atoms with Gasteiger partial charge in [-0.2, -0.15) is 0 Å². The number of fused-ring (bicyclic) bond motifs is 5. The number of nitrogens with zero attached hydrogens (tertiary/aromatic N) is 3. The molecule has 0 aromatic carbocycles. The highest BCUT2D eigenvalue weighted by molar-refractivity contribution is 5.11. The molecule has 1 spiro atoms. The van der Waals surface area contributed by atoms with Crippen molar-refractivity contribution in [3.05, 3.63) is 0 Å². The first-order valence-electron chi connectivity index (χ1n) is 16.0. The van der Waals surface area contributed by atoms with Crippen LogP contribution in [0.25, 0.3) is 0 Å². The van der Waals surface area contributed by atoms with Crippen molar-refractivity contribution in [1.82, 2.24) is 14.7 Å². The number of likely N-dealkylation sites (tertiary alicyclic amines) is 1. The Hall–Kier alpha value is -0.280. The van der Waals surface area contributed by atoms with E-state index in [1.165, 1.54) is 32.1 Å². The van der Waals surface area contributed by atoms with Crippen molar-refractivity contribution in [2.45, 2.75) is 108 Å². The third kappa shape index (κ3) is 4.08. The van der Waals surface area contributed by atoms with Gasteiger partial charge in [-0.1, -0.05) is 13.8 Å². The highest BCUT2D eigenvalue weighted by atomic mass is 16.7. The standard InChI is InChI=1S/C31H53N3O4/c1-29-9-8-24-22(23(29)6-7-27(29)36)5-4-21-18-26(35)25(19-30(21,24)2)34-15-14-32(3)20-28(34)33-12-10-31(11-13-33)37-16-17-38-31/h21-28,35-36H,4-20H2,1-3H3/t21?,22-,23-,24+,25?,26?,27?,28?,29-,30-/m0/s1. The average Bonchev–Trinajstić information content (AvgIpc) is 3.48. The van der Waals surface area contributed by atoms with Gasteiger partial charge in [-0.15, -0.1) is 0 Å². The van der Waals surface area contributed by atoms with Crippen LogP contribution in [0.3, 0.4) is 0 Å². The lowest BCUT2D eigenvalue weighted by molar-refractivity contribution is -0.203. The number of piperidine rings is 1. The first-order valence-corrected chi connectivity index (χ1v) is 16.0. The van der Waals surface area contributed by atoms with Gasteiger partial charge in [0.15, 0.2) is 5.79 Å². The molecule has 0 amide bonds. The lowest BCUT2D eigenvalue weighted by Gasteiger charge is -2.63. The van der Waals surface area contributed by atoms with Crippen molar-refractivity contribution in [1.29, 1.82) is 0 Å². The van der Waals surface area contributed by atoms with Gasteiger partial charge in [-0.3, -0.25) is 9.80 Å². The molecule has 7 heteroatoms. The summed E-state index contributed by atoms with van der Waals surface area (Å²) in [5.41, 5.74) is 0.436. The van der Waals surface area contributed by atoms with Crippen LogP contribution in [0.4, 0.5) is 0 Å². The Kier molecular flexibility index (Phi) is 6.75. The monoisotopic (exact) mass is 531 g/mol. The molecule has 4 aliphatic carbocycles. The van der Waals surface area contributed by atoms with Crippen LogP contribution in [0.5, 0.6) is 0 Å². The van der Waals surface area contributed by atoms with Gasteiger partial charge >= 0.3 is 0 Å². The van der Waals surface area contributed by atoms with Crippen molar-refractivity contribution >= 4 is 0 Å². The Morgan fingerprint density at radius 1 is 0.789 bits per heavy atom. The van der Waals surface area contributed by atoms with E-state index in [1.807, 2.05) is 0 Å². The van der Waals surface area contributed by atoms with Crippen molar-refractivity contribution in [3.8, 4) is 0 Å². The molecule has 4 saturated carbocycles. The van der Waals surface area contributed by atoms with Gasteiger partial charge in [0.25, 0.3) is 0 Å². The minimum absolute atomic E-state index is 0.102. The van der Waals surface area contributed by atoms with Crippen LogP contribution in [0.15, 0.2) is 0 Å². The first-order chi connectivity index (χ1) is 18.2. The van der Waals surface area contributed by atoms with Gasteiger partial charge in [-0.25, -0.2) is 0 Å². The maximum atomic E-state index is 11.7. The third-order valence-corrected chi connectivity index (χ3v) is 13.5. The van der Waals surface area contributed by atoms with E-state index >= 15 is 0 Å². The number of ether oxygens (including phenoxy) is 2. The predicted molar refractivity (Wildman–Crippen MR) is 146 cm³/mol. The Labute approximate surface area is 230 Å². The number of aliphatic hydroxyl groups is 2. The van der Waals surface area contributed by atoms with Crippen LogP contribution >= 0.6 is 0 Å². The normalized spacial score (nSPS) is 52.0. The lowest BCUT2D eigenvalue weighted by atomic mass is 9.44. The molecule has 0 aromatic heterocycles. The molecular formula is C31H53N3O4. The van der Waals surface area contributed by atoms with Gasteiger partial charge < -0.3 is 24.6 Å². The van der Waals surface area contributed by atoms with E-state index in [-0.39, 0.29) is 29.5 Å². The summed E-state index contributed by atoms with van der Waals surface area (Å²) in [5, 5.41) is 22.6. The van der Waals surface area contributed by atoms with Crippen LogP contribution < -0.4 is 0 Å². The number of hydrogen-bond acceptors (Lipinski definition) is 7. The molecule has 0 aromatic rings. The van der Waals surface area contributed by atoms with Crippen molar-refractivity contribution < 1.29 is 19.7 Å². The smallest absolute Gasteiger partial charge is 0.170 e. The van der Waals surface area contributed by atoms with Gasteiger partial charge in [0, 0.05) is 51.6 Å². The molecule has 5 unspecified atom stereocenters. The van der Waals surface area contributed by atoms with E-state index in [4.69, 9.17) is 9.47 Å². The van der Waals surface area contributed by atoms with E-state index in [0.29, 0.717) is 23.4 Å². The van der Waals surface area contributed by atoms with Crippen molar-refractivity contribution in [3.63, 3.8) is 0 Å². The molecule has 3 saturated heterocycles. The second-order valence-corrected chi connectivity index (χ2v) is 15.0. The number of piperazine rings is 1. The number of hydrogen-bond donors (Lipinski definition) is 2. The number of likely N-dealkylation sites (N-methyl/N-ethyl adjacent to an activating group) is 1. The summed E-state index contributed by atoms with van der Waals surface area (Å²) in [5.74, 6) is 2.50. The van der Waals surface area contributed by atoms with E-state index in [9.17, 15) is 10.2 Å². The fourth-order valence-corrected chi connectivity index (χ4v) is 11.2. The third-order valence-electron chi connectivity index (χ3n) is 13.5. The summed E-state index contributed by atoms with van der Waals surface area (Å²) in [6.07, 6.45) is 11.3. The molecule has 3 heterocycles. The maximum absolute atomic E-state index is 11.7. The van der Waals surface area contributed by atoms with Crippen molar-refractivity contribution in [2.24, 2.45) is 34.5 Å². The molecule has 216 valence electrons. The van der Waals surface area contributed by atoms with E-state index in [0.717, 1.165) is 89.9 Å². The number of rotatable bonds is 2. The predicted octanol–water partition coefficient (Wildman–Crippen LogP) is 3.14. The highest BCUT2D eigenvalue weighted by Crippen LogP contribution is 2.66. The first kappa shape index (κ1) is 26.6. The topological polar surface area (TPSA) is 68.6 Å². The minimum Gasteiger partial charge on any atom is -0.393 e. The molecule has 7 rings (SSSR count). The van der Waals surface area contributed by atoms with Crippen molar-refractivity contribution in [2.75, 3.05) is 53.0 Å². The second kappa shape index (κ2) is 9.64. The summed E-state index contributed by atoms with van der Waals surface area (Å²) in [6.45, 7) is 11.6. The van der Waals surface area contributed by atoms with E-state index in [1.54, 1.807) is 0 Å². The SMILES string of the molecule is CN1CCN(C2C[C@@]3(C)C(CC[C@@H]4[C@H]3CC[C@]3(C)C(O)CC[C@@H]43)CC2O)C(N2CCC3(CC2)OCCO3)C1. The van der Waals surface area contributed by atoms with Crippen LogP contribution in [0.1, 0.15) is 78.1 Å².